The lowest BCUT2D eigenvalue weighted by Crippen LogP contribution is -2.33. The van der Waals surface area contributed by atoms with Crippen LogP contribution in [0.25, 0.3) is 0 Å². The Kier molecular flexibility index (Phi) is 5.91. The molecule has 0 saturated carbocycles. The van der Waals surface area contributed by atoms with Crippen molar-refractivity contribution in [3.63, 3.8) is 0 Å². The SMILES string of the molecule is CCCNCc1ccc(N2CCCC2C(C)C)cc1Br. The Labute approximate surface area is 132 Å². The predicted octanol–water partition coefficient (Wildman–Crippen LogP) is 4.57. The Hall–Kier alpha value is -0.540. The van der Waals surface area contributed by atoms with E-state index < -0.39 is 0 Å². The van der Waals surface area contributed by atoms with Crippen molar-refractivity contribution in [3.05, 3.63) is 28.2 Å². The van der Waals surface area contributed by atoms with Crippen molar-refractivity contribution in [3.8, 4) is 0 Å². The standard InChI is InChI=1S/C17H27BrN2/c1-4-9-19-12-14-7-8-15(11-16(14)18)20-10-5-6-17(20)13(2)3/h7-8,11,13,17,19H,4-6,9-10,12H2,1-3H3. The Balaban J connectivity index is 2.08. The zero-order chi connectivity index (χ0) is 14.5. The maximum Gasteiger partial charge on any atom is 0.0380 e. The molecule has 112 valence electrons. The van der Waals surface area contributed by atoms with Gasteiger partial charge in [0.15, 0.2) is 0 Å². The van der Waals surface area contributed by atoms with E-state index >= 15 is 0 Å². The predicted molar refractivity (Wildman–Crippen MR) is 91.3 cm³/mol. The van der Waals surface area contributed by atoms with Crippen molar-refractivity contribution in [1.82, 2.24) is 5.32 Å². The van der Waals surface area contributed by atoms with Gasteiger partial charge in [-0.3, -0.25) is 0 Å². The Bertz CT molecular complexity index is 431. The summed E-state index contributed by atoms with van der Waals surface area (Å²) in [6, 6.07) is 7.54. The molecule has 0 amide bonds. The Morgan fingerprint density at radius 1 is 1.40 bits per heavy atom. The first kappa shape index (κ1) is 15.8. The summed E-state index contributed by atoms with van der Waals surface area (Å²) >= 11 is 3.74. The molecule has 0 spiro atoms. The van der Waals surface area contributed by atoms with E-state index in [1.54, 1.807) is 0 Å². The first-order chi connectivity index (χ1) is 9.63. The highest BCUT2D eigenvalue weighted by molar-refractivity contribution is 9.10. The van der Waals surface area contributed by atoms with Crippen molar-refractivity contribution >= 4 is 21.6 Å². The van der Waals surface area contributed by atoms with Gasteiger partial charge in [-0.25, -0.2) is 0 Å². The average molecular weight is 339 g/mol. The van der Waals surface area contributed by atoms with Crippen LogP contribution in [0.4, 0.5) is 5.69 Å². The molecule has 2 rings (SSSR count). The number of benzene rings is 1. The van der Waals surface area contributed by atoms with Gasteiger partial charge in [0.2, 0.25) is 0 Å². The van der Waals surface area contributed by atoms with E-state index in [2.05, 4.69) is 65.1 Å². The molecule has 1 N–H and O–H groups in total. The second-order valence-corrected chi connectivity index (χ2v) is 6.95. The molecule has 1 fully saturated rings. The van der Waals surface area contributed by atoms with E-state index in [1.807, 2.05) is 0 Å². The molecule has 3 heteroatoms. The summed E-state index contributed by atoms with van der Waals surface area (Å²) in [6.45, 7) is 10.1. The van der Waals surface area contributed by atoms with E-state index in [4.69, 9.17) is 0 Å². The molecule has 1 heterocycles. The zero-order valence-electron chi connectivity index (χ0n) is 13.0. The molecule has 0 radical (unpaired) electrons. The van der Waals surface area contributed by atoms with Crippen LogP contribution < -0.4 is 10.2 Å². The van der Waals surface area contributed by atoms with Crippen LogP contribution in [0.3, 0.4) is 0 Å². The molecule has 1 saturated heterocycles. The molecular weight excluding hydrogens is 312 g/mol. The average Bonchev–Trinajstić information content (AvgIpc) is 2.90. The molecule has 1 unspecified atom stereocenters. The summed E-state index contributed by atoms with van der Waals surface area (Å²) in [5.74, 6) is 0.724. The van der Waals surface area contributed by atoms with Gasteiger partial charge in [0.1, 0.15) is 0 Å². The van der Waals surface area contributed by atoms with Gasteiger partial charge in [-0.05, 0) is 49.4 Å². The zero-order valence-corrected chi connectivity index (χ0v) is 14.5. The molecule has 1 aromatic carbocycles. The molecule has 0 aliphatic carbocycles. The van der Waals surface area contributed by atoms with Gasteiger partial charge in [0, 0.05) is 29.3 Å². The number of nitrogens with zero attached hydrogens (tertiary/aromatic N) is 1. The van der Waals surface area contributed by atoms with Crippen molar-refractivity contribution in [2.75, 3.05) is 18.0 Å². The lowest BCUT2D eigenvalue weighted by molar-refractivity contribution is 0.492. The molecular formula is C17H27BrN2. The van der Waals surface area contributed by atoms with Crippen molar-refractivity contribution < 1.29 is 0 Å². The third-order valence-electron chi connectivity index (χ3n) is 4.18. The number of anilines is 1. The summed E-state index contributed by atoms with van der Waals surface area (Å²) in [6.07, 6.45) is 3.83. The molecule has 1 aliphatic heterocycles. The van der Waals surface area contributed by atoms with Gasteiger partial charge in [-0.15, -0.1) is 0 Å². The number of nitrogens with one attached hydrogen (secondary N) is 1. The van der Waals surface area contributed by atoms with E-state index in [9.17, 15) is 0 Å². The van der Waals surface area contributed by atoms with Crippen molar-refractivity contribution in [2.24, 2.45) is 5.92 Å². The summed E-state index contributed by atoms with van der Waals surface area (Å²) in [7, 11) is 0. The van der Waals surface area contributed by atoms with Gasteiger partial charge in [0.25, 0.3) is 0 Å². The van der Waals surface area contributed by atoms with Crippen LogP contribution in [-0.4, -0.2) is 19.1 Å². The van der Waals surface area contributed by atoms with Crippen LogP contribution in [0.1, 0.15) is 45.6 Å². The van der Waals surface area contributed by atoms with Crippen LogP contribution >= 0.6 is 15.9 Å². The highest BCUT2D eigenvalue weighted by Gasteiger charge is 2.27. The minimum absolute atomic E-state index is 0.700. The van der Waals surface area contributed by atoms with Gasteiger partial charge in [-0.1, -0.05) is 42.8 Å². The highest BCUT2D eigenvalue weighted by Crippen LogP contribution is 2.32. The summed E-state index contributed by atoms with van der Waals surface area (Å²) in [4.78, 5) is 2.58. The number of rotatable bonds is 6. The van der Waals surface area contributed by atoms with Crippen LogP contribution in [0.2, 0.25) is 0 Å². The second-order valence-electron chi connectivity index (χ2n) is 6.10. The molecule has 1 aromatic rings. The molecule has 1 aliphatic rings. The maximum atomic E-state index is 3.74. The largest absolute Gasteiger partial charge is 0.368 e. The molecule has 0 aromatic heterocycles. The van der Waals surface area contributed by atoms with E-state index in [0.29, 0.717) is 6.04 Å². The van der Waals surface area contributed by atoms with E-state index in [1.165, 1.54) is 41.5 Å². The number of hydrogen-bond acceptors (Lipinski definition) is 2. The van der Waals surface area contributed by atoms with Gasteiger partial charge in [0.05, 0.1) is 0 Å². The van der Waals surface area contributed by atoms with Crippen molar-refractivity contribution in [1.29, 1.82) is 0 Å². The number of hydrogen-bond donors (Lipinski definition) is 1. The van der Waals surface area contributed by atoms with Gasteiger partial charge < -0.3 is 10.2 Å². The minimum atomic E-state index is 0.700. The highest BCUT2D eigenvalue weighted by atomic mass is 79.9. The first-order valence-corrected chi connectivity index (χ1v) is 8.68. The quantitative estimate of drug-likeness (QED) is 0.764. The Morgan fingerprint density at radius 2 is 2.20 bits per heavy atom. The molecule has 2 nitrogen and oxygen atoms in total. The number of halogens is 1. The fourth-order valence-corrected chi connectivity index (χ4v) is 3.57. The third kappa shape index (κ3) is 3.76. The lowest BCUT2D eigenvalue weighted by Gasteiger charge is -2.30. The van der Waals surface area contributed by atoms with Crippen LogP contribution in [0.5, 0.6) is 0 Å². The second kappa shape index (κ2) is 7.46. The van der Waals surface area contributed by atoms with E-state index in [-0.39, 0.29) is 0 Å². The summed E-state index contributed by atoms with van der Waals surface area (Å²) < 4.78 is 1.23. The van der Waals surface area contributed by atoms with Crippen LogP contribution in [-0.2, 0) is 6.54 Å². The van der Waals surface area contributed by atoms with Gasteiger partial charge in [-0.2, -0.15) is 0 Å². The van der Waals surface area contributed by atoms with Crippen molar-refractivity contribution in [2.45, 2.75) is 52.6 Å². The van der Waals surface area contributed by atoms with Gasteiger partial charge >= 0.3 is 0 Å². The molecule has 0 bridgehead atoms. The summed E-state index contributed by atoms with van der Waals surface area (Å²) in [5, 5.41) is 3.46. The normalized spacial score (nSPS) is 19.1. The third-order valence-corrected chi connectivity index (χ3v) is 4.92. The van der Waals surface area contributed by atoms with Crippen LogP contribution in [0, 0.1) is 5.92 Å². The topological polar surface area (TPSA) is 15.3 Å². The summed E-state index contributed by atoms with van der Waals surface area (Å²) in [5.41, 5.74) is 2.72. The molecule has 20 heavy (non-hydrogen) atoms. The fraction of sp³-hybridized carbons (Fsp3) is 0.647. The van der Waals surface area contributed by atoms with E-state index in [0.717, 1.165) is 19.0 Å². The minimum Gasteiger partial charge on any atom is -0.368 e. The van der Waals surface area contributed by atoms with Crippen LogP contribution in [0.15, 0.2) is 22.7 Å². The smallest absolute Gasteiger partial charge is 0.0380 e. The maximum absolute atomic E-state index is 3.74. The lowest BCUT2D eigenvalue weighted by atomic mass is 10.0. The molecule has 1 atom stereocenters. The first-order valence-electron chi connectivity index (χ1n) is 7.89. The Morgan fingerprint density at radius 3 is 2.85 bits per heavy atom. The fourth-order valence-electron chi connectivity index (χ4n) is 3.06. The monoisotopic (exact) mass is 338 g/mol.